The fraction of sp³-hybridized carbons (Fsp3) is 0.952. The average Bonchev–Trinajstić information content (AvgIpc) is 3.13. The SMILES string of the molecule is CCCCCCCCCCNOC(=O)CCCCCCCCCN(CCCCCCCCCC(=O)ONCCCCCCCCCC)CCP(=O)(O)O. The molecule has 53 heavy (non-hydrogen) atoms. The quantitative estimate of drug-likeness (QED) is 0.0269. The van der Waals surface area contributed by atoms with E-state index < -0.39 is 7.60 Å². The molecular weight excluding hydrogens is 689 g/mol. The lowest BCUT2D eigenvalue weighted by Gasteiger charge is -2.22. The number of hydroxylamine groups is 2. The van der Waals surface area contributed by atoms with E-state index in [2.05, 4.69) is 29.7 Å². The number of hydrogen-bond acceptors (Lipinski definition) is 8. The van der Waals surface area contributed by atoms with Crippen LogP contribution in [0.3, 0.4) is 0 Å². The molecule has 10 nitrogen and oxygen atoms in total. The molecule has 0 unspecified atom stereocenters. The lowest BCUT2D eigenvalue weighted by molar-refractivity contribution is -0.152. The van der Waals surface area contributed by atoms with Gasteiger partial charge in [0.15, 0.2) is 0 Å². The normalized spacial score (nSPS) is 11.8. The van der Waals surface area contributed by atoms with Crippen molar-refractivity contribution < 1.29 is 33.6 Å². The fourth-order valence-electron chi connectivity index (χ4n) is 6.61. The summed E-state index contributed by atoms with van der Waals surface area (Å²) < 4.78 is 11.5. The van der Waals surface area contributed by atoms with Crippen LogP contribution in [-0.4, -0.2) is 65.5 Å². The minimum atomic E-state index is -4.00. The maximum atomic E-state index is 11.9. The molecule has 0 aliphatic rings. The van der Waals surface area contributed by atoms with Crippen molar-refractivity contribution in [3.05, 3.63) is 0 Å². The molecule has 0 heterocycles. The third-order valence-electron chi connectivity index (χ3n) is 10.1. The van der Waals surface area contributed by atoms with Crippen molar-refractivity contribution in [3.63, 3.8) is 0 Å². The minimum absolute atomic E-state index is 0.0820. The zero-order valence-corrected chi connectivity index (χ0v) is 35.6. The van der Waals surface area contributed by atoms with Gasteiger partial charge in [-0.25, -0.2) is 0 Å². The summed E-state index contributed by atoms with van der Waals surface area (Å²) in [5, 5.41) is 0. The predicted molar refractivity (Wildman–Crippen MR) is 221 cm³/mol. The van der Waals surface area contributed by atoms with Gasteiger partial charge in [-0.05, 0) is 51.6 Å². The monoisotopic (exact) mass is 776 g/mol. The number of nitrogens with zero attached hydrogens (tertiary/aromatic N) is 1. The Morgan fingerprint density at radius 2 is 0.755 bits per heavy atom. The van der Waals surface area contributed by atoms with Gasteiger partial charge >= 0.3 is 19.5 Å². The summed E-state index contributed by atoms with van der Waals surface area (Å²) in [7, 11) is -4.00. The van der Waals surface area contributed by atoms with Gasteiger partial charge in [-0.3, -0.25) is 14.2 Å². The van der Waals surface area contributed by atoms with Crippen molar-refractivity contribution in [1.29, 1.82) is 0 Å². The van der Waals surface area contributed by atoms with Gasteiger partial charge in [0.1, 0.15) is 0 Å². The molecule has 0 aliphatic heterocycles. The van der Waals surface area contributed by atoms with Crippen molar-refractivity contribution in [2.45, 2.75) is 219 Å². The van der Waals surface area contributed by atoms with Crippen LogP contribution >= 0.6 is 7.60 Å². The number of carbonyl (C=O) groups excluding carboxylic acids is 2. The molecule has 0 atom stereocenters. The average molecular weight is 776 g/mol. The Hall–Kier alpha value is -1.03. The lowest BCUT2D eigenvalue weighted by Crippen LogP contribution is -2.29. The van der Waals surface area contributed by atoms with Crippen LogP contribution in [0.2, 0.25) is 0 Å². The topological polar surface area (TPSA) is 137 Å². The van der Waals surface area contributed by atoms with E-state index in [0.717, 1.165) is 129 Å². The van der Waals surface area contributed by atoms with Gasteiger partial charge in [-0.2, -0.15) is 11.0 Å². The van der Waals surface area contributed by atoms with Crippen LogP contribution in [0.1, 0.15) is 219 Å². The van der Waals surface area contributed by atoms with E-state index in [9.17, 15) is 23.9 Å². The third kappa shape index (κ3) is 43.6. The fourth-order valence-corrected chi connectivity index (χ4v) is 7.15. The second-order valence-corrected chi connectivity index (χ2v) is 17.1. The summed E-state index contributed by atoms with van der Waals surface area (Å²) in [4.78, 5) is 55.2. The van der Waals surface area contributed by atoms with E-state index in [1.165, 1.54) is 89.9 Å². The molecule has 0 aromatic carbocycles. The van der Waals surface area contributed by atoms with E-state index in [4.69, 9.17) is 9.68 Å². The zero-order valence-electron chi connectivity index (χ0n) is 34.7. The highest BCUT2D eigenvalue weighted by Crippen LogP contribution is 2.33. The molecule has 0 aromatic rings. The Balaban J connectivity index is 3.73. The first-order valence-electron chi connectivity index (χ1n) is 22.4. The first-order chi connectivity index (χ1) is 25.8. The lowest BCUT2D eigenvalue weighted by atomic mass is 10.1. The molecule has 0 aliphatic carbocycles. The smallest absolute Gasteiger partial charge is 0.326 e. The van der Waals surface area contributed by atoms with Crippen molar-refractivity contribution in [3.8, 4) is 0 Å². The maximum Gasteiger partial charge on any atom is 0.326 e. The molecule has 0 spiro atoms. The molecule has 0 radical (unpaired) electrons. The summed E-state index contributed by atoms with van der Waals surface area (Å²) in [6.07, 6.45) is 35.9. The Morgan fingerprint density at radius 1 is 0.453 bits per heavy atom. The van der Waals surface area contributed by atoms with Crippen LogP contribution in [0, 0.1) is 0 Å². The molecule has 11 heteroatoms. The zero-order chi connectivity index (χ0) is 38.9. The Labute approximate surface area is 326 Å². The summed E-state index contributed by atoms with van der Waals surface area (Å²) >= 11 is 0. The molecule has 316 valence electrons. The van der Waals surface area contributed by atoms with Gasteiger partial charge in [-0.1, -0.05) is 168 Å². The van der Waals surface area contributed by atoms with E-state index in [1.807, 2.05) is 0 Å². The largest absolute Gasteiger partial charge is 0.371 e. The van der Waals surface area contributed by atoms with Crippen molar-refractivity contribution >= 4 is 19.5 Å². The molecule has 4 N–H and O–H groups in total. The molecule has 0 bridgehead atoms. The number of rotatable bonds is 43. The highest BCUT2D eigenvalue weighted by atomic mass is 31.2. The molecule has 0 saturated heterocycles. The predicted octanol–water partition coefficient (Wildman–Crippen LogP) is 11.1. The molecule has 0 amide bonds. The second-order valence-electron chi connectivity index (χ2n) is 15.4. The second kappa shape index (κ2) is 40.6. The number of carbonyl (C=O) groups is 2. The van der Waals surface area contributed by atoms with E-state index in [1.54, 1.807) is 0 Å². The summed E-state index contributed by atoms with van der Waals surface area (Å²) in [6, 6.07) is 0. The van der Waals surface area contributed by atoms with Gasteiger partial charge in [0.2, 0.25) is 0 Å². The van der Waals surface area contributed by atoms with Crippen LogP contribution in [0.5, 0.6) is 0 Å². The van der Waals surface area contributed by atoms with Crippen LogP contribution < -0.4 is 11.0 Å². The van der Waals surface area contributed by atoms with Crippen LogP contribution in [0.25, 0.3) is 0 Å². The van der Waals surface area contributed by atoms with Crippen molar-refractivity contribution in [2.75, 3.05) is 38.9 Å². The van der Waals surface area contributed by atoms with Crippen LogP contribution in [0.4, 0.5) is 0 Å². The number of unbranched alkanes of at least 4 members (excludes halogenated alkanes) is 26. The molecule has 0 fully saturated rings. The molecule has 0 rings (SSSR count). The van der Waals surface area contributed by atoms with Gasteiger partial charge in [0.25, 0.3) is 0 Å². The van der Waals surface area contributed by atoms with Crippen LogP contribution in [0.15, 0.2) is 0 Å². The molecule has 0 saturated carbocycles. The highest BCUT2D eigenvalue weighted by Gasteiger charge is 2.15. The molecular formula is C42H86N3O7P. The van der Waals surface area contributed by atoms with Gasteiger partial charge < -0.3 is 24.4 Å². The summed E-state index contributed by atoms with van der Waals surface area (Å²) in [5.74, 6) is -0.322. The van der Waals surface area contributed by atoms with Crippen molar-refractivity contribution in [1.82, 2.24) is 15.9 Å². The Bertz CT molecular complexity index is 792. The number of hydrogen-bond donors (Lipinski definition) is 4. The maximum absolute atomic E-state index is 11.9. The minimum Gasteiger partial charge on any atom is -0.371 e. The highest BCUT2D eigenvalue weighted by molar-refractivity contribution is 7.51. The summed E-state index contributed by atoms with van der Waals surface area (Å²) in [6.45, 7) is 8.14. The first kappa shape index (κ1) is 52.0. The van der Waals surface area contributed by atoms with Gasteiger partial charge in [-0.15, -0.1) is 0 Å². The number of nitrogens with one attached hydrogen (secondary N) is 2. The molecule has 0 aromatic heterocycles. The van der Waals surface area contributed by atoms with Crippen molar-refractivity contribution in [2.24, 2.45) is 0 Å². The third-order valence-corrected chi connectivity index (χ3v) is 10.8. The first-order valence-corrected chi connectivity index (χ1v) is 24.2. The standard InChI is InChI=1S/C42H86N3O7P/c1-3-5-7-9-11-17-23-29-35-43-51-41(46)33-27-21-15-13-19-25-31-37-45(39-40-53(48,49)50)38-32-26-20-14-16-22-28-34-42(47)52-44-36-30-24-18-12-10-8-6-4-2/h43-44H,3-40H2,1-2H3,(H2,48,49,50). The van der Waals surface area contributed by atoms with E-state index >= 15 is 0 Å². The van der Waals surface area contributed by atoms with Gasteiger partial charge in [0, 0.05) is 32.5 Å². The van der Waals surface area contributed by atoms with E-state index in [0.29, 0.717) is 19.4 Å². The Kier molecular flexibility index (Phi) is 39.8. The van der Waals surface area contributed by atoms with E-state index in [-0.39, 0.29) is 18.1 Å². The van der Waals surface area contributed by atoms with Crippen LogP contribution in [-0.2, 0) is 23.8 Å². The van der Waals surface area contributed by atoms with Gasteiger partial charge in [0.05, 0.1) is 6.16 Å². The Morgan fingerprint density at radius 3 is 1.09 bits per heavy atom. The summed E-state index contributed by atoms with van der Waals surface area (Å²) in [5.41, 5.74) is 5.66.